The smallest absolute Gasteiger partial charge is 0.230 e. The number of para-hydroxylation sites is 2. The van der Waals surface area contributed by atoms with Gasteiger partial charge in [0.05, 0.1) is 25.3 Å². The number of carbonyl (C=O) groups is 1. The van der Waals surface area contributed by atoms with Crippen LogP contribution in [0.1, 0.15) is 12.0 Å². The van der Waals surface area contributed by atoms with Crippen molar-refractivity contribution in [3.63, 3.8) is 0 Å². The lowest BCUT2D eigenvalue weighted by atomic mass is 10.1. The Hall–Kier alpha value is -2.49. The first-order valence-electron chi connectivity index (χ1n) is 6.60. The minimum Gasteiger partial charge on any atom is -0.491 e. The summed E-state index contributed by atoms with van der Waals surface area (Å²) in [6.45, 7) is 0.924. The summed E-state index contributed by atoms with van der Waals surface area (Å²) >= 11 is 0. The molecule has 4 nitrogen and oxygen atoms in total. The Bertz CT molecular complexity index is 640. The van der Waals surface area contributed by atoms with Gasteiger partial charge in [0, 0.05) is 5.69 Å². The first-order chi connectivity index (χ1) is 9.74. The van der Waals surface area contributed by atoms with Gasteiger partial charge in [0.15, 0.2) is 0 Å². The summed E-state index contributed by atoms with van der Waals surface area (Å²) < 4.78 is 5.62. The van der Waals surface area contributed by atoms with Gasteiger partial charge in [-0.3, -0.25) is 4.79 Å². The van der Waals surface area contributed by atoms with Crippen LogP contribution in [0.3, 0.4) is 0 Å². The number of hydrogen-bond acceptors (Lipinski definition) is 3. The van der Waals surface area contributed by atoms with Crippen LogP contribution in [0, 0.1) is 0 Å². The van der Waals surface area contributed by atoms with E-state index in [-0.39, 0.29) is 5.91 Å². The molecular weight excluding hydrogens is 252 g/mol. The van der Waals surface area contributed by atoms with E-state index in [9.17, 15) is 4.79 Å². The summed E-state index contributed by atoms with van der Waals surface area (Å²) in [4.78, 5) is 14.0. The molecule has 102 valence electrons. The van der Waals surface area contributed by atoms with Crippen LogP contribution < -0.4 is 15.4 Å². The first kappa shape index (κ1) is 12.5. The maximum Gasteiger partial charge on any atom is 0.230 e. The Morgan fingerprint density at radius 2 is 2.00 bits per heavy atom. The van der Waals surface area contributed by atoms with Crippen molar-refractivity contribution in [3.8, 4) is 5.75 Å². The molecular formula is C16H16N2O2. The van der Waals surface area contributed by atoms with Gasteiger partial charge in [-0.15, -0.1) is 0 Å². The van der Waals surface area contributed by atoms with E-state index in [0.717, 1.165) is 17.0 Å². The van der Waals surface area contributed by atoms with E-state index >= 15 is 0 Å². The van der Waals surface area contributed by atoms with Crippen LogP contribution in [0.15, 0.2) is 48.5 Å². The van der Waals surface area contributed by atoms with Crippen LogP contribution in [0.2, 0.25) is 0 Å². The maximum absolute atomic E-state index is 12.3. The summed E-state index contributed by atoms with van der Waals surface area (Å²) in [5.41, 5.74) is 8.33. The highest BCUT2D eigenvalue weighted by molar-refractivity contribution is 5.95. The van der Waals surface area contributed by atoms with E-state index in [0.29, 0.717) is 25.3 Å². The largest absolute Gasteiger partial charge is 0.491 e. The average Bonchev–Trinajstić information content (AvgIpc) is 2.59. The molecule has 0 radical (unpaired) electrons. The number of ether oxygens (including phenoxy) is 1. The zero-order valence-electron chi connectivity index (χ0n) is 11.1. The maximum atomic E-state index is 12.3. The number of anilines is 2. The minimum atomic E-state index is 0.0670. The van der Waals surface area contributed by atoms with E-state index in [1.807, 2.05) is 48.5 Å². The molecule has 0 saturated carbocycles. The molecule has 0 spiro atoms. The predicted molar refractivity (Wildman–Crippen MR) is 78.6 cm³/mol. The second kappa shape index (κ2) is 5.25. The second-order valence-electron chi connectivity index (χ2n) is 4.79. The van der Waals surface area contributed by atoms with Crippen molar-refractivity contribution in [3.05, 3.63) is 54.1 Å². The molecule has 0 saturated heterocycles. The summed E-state index contributed by atoms with van der Waals surface area (Å²) in [6, 6.07) is 15.2. The Balaban J connectivity index is 1.96. The Morgan fingerprint density at radius 1 is 1.15 bits per heavy atom. The average molecular weight is 268 g/mol. The monoisotopic (exact) mass is 268 g/mol. The summed E-state index contributed by atoms with van der Waals surface area (Å²) in [7, 11) is 0. The highest BCUT2D eigenvalue weighted by Crippen LogP contribution is 2.32. The Kier molecular flexibility index (Phi) is 3.29. The van der Waals surface area contributed by atoms with Crippen LogP contribution in [-0.2, 0) is 11.3 Å². The fourth-order valence-electron chi connectivity index (χ4n) is 2.37. The van der Waals surface area contributed by atoms with Crippen LogP contribution >= 0.6 is 0 Å². The quantitative estimate of drug-likeness (QED) is 0.852. The minimum absolute atomic E-state index is 0.0670. The second-order valence-corrected chi connectivity index (χ2v) is 4.79. The molecule has 3 rings (SSSR count). The number of carbonyl (C=O) groups excluding carboxylic acids is 1. The van der Waals surface area contributed by atoms with Gasteiger partial charge in [-0.2, -0.15) is 0 Å². The third-order valence-electron chi connectivity index (χ3n) is 3.32. The van der Waals surface area contributed by atoms with Crippen molar-refractivity contribution >= 4 is 17.3 Å². The van der Waals surface area contributed by atoms with Crippen molar-refractivity contribution in [2.45, 2.75) is 13.0 Å². The van der Waals surface area contributed by atoms with Crippen LogP contribution in [0.25, 0.3) is 0 Å². The summed E-state index contributed by atoms with van der Waals surface area (Å²) in [5, 5.41) is 0. The van der Waals surface area contributed by atoms with Crippen molar-refractivity contribution in [2.24, 2.45) is 0 Å². The van der Waals surface area contributed by atoms with E-state index in [1.54, 1.807) is 4.90 Å². The highest BCUT2D eigenvalue weighted by Gasteiger charge is 2.22. The van der Waals surface area contributed by atoms with E-state index < -0.39 is 0 Å². The lowest BCUT2D eigenvalue weighted by Crippen LogP contribution is -2.29. The van der Waals surface area contributed by atoms with Gasteiger partial charge in [0.25, 0.3) is 0 Å². The summed E-state index contributed by atoms with van der Waals surface area (Å²) in [6.07, 6.45) is 0.386. The van der Waals surface area contributed by atoms with Crippen molar-refractivity contribution in [1.82, 2.24) is 0 Å². The number of benzene rings is 2. The molecule has 20 heavy (non-hydrogen) atoms. The molecule has 1 aliphatic heterocycles. The molecule has 0 fully saturated rings. The van der Waals surface area contributed by atoms with E-state index in [1.165, 1.54) is 0 Å². The molecule has 0 unspecified atom stereocenters. The van der Waals surface area contributed by atoms with Crippen LogP contribution in [0.5, 0.6) is 5.75 Å². The van der Waals surface area contributed by atoms with Crippen LogP contribution in [0.4, 0.5) is 11.4 Å². The lowest BCUT2D eigenvalue weighted by molar-refractivity contribution is -0.118. The molecule has 4 heteroatoms. The number of rotatable bonds is 2. The molecule has 2 N–H and O–H groups in total. The van der Waals surface area contributed by atoms with E-state index in [2.05, 4.69) is 0 Å². The van der Waals surface area contributed by atoms with Crippen molar-refractivity contribution in [2.75, 3.05) is 17.2 Å². The number of nitrogen functional groups attached to an aromatic ring is 1. The molecule has 0 aliphatic carbocycles. The number of amides is 1. The molecule has 1 amide bonds. The first-order valence-corrected chi connectivity index (χ1v) is 6.60. The Labute approximate surface area is 117 Å². The van der Waals surface area contributed by atoms with Gasteiger partial charge in [0.1, 0.15) is 5.75 Å². The number of nitrogens with two attached hydrogens (primary N) is 1. The normalized spacial score (nSPS) is 14.4. The highest BCUT2D eigenvalue weighted by atomic mass is 16.5. The van der Waals surface area contributed by atoms with Crippen LogP contribution in [-0.4, -0.2) is 12.5 Å². The molecule has 0 bridgehead atoms. The topological polar surface area (TPSA) is 55.6 Å². The van der Waals surface area contributed by atoms with Gasteiger partial charge in [-0.05, 0) is 29.8 Å². The fourth-order valence-corrected chi connectivity index (χ4v) is 2.37. The molecule has 2 aromatic carbocycles. The zero-order chi connectivity index (χ0) is 13.9. The van der Waals surface area contributed by atoms with Gasteiger partial charge in [-0.1, -0.05) is 24.3 Å². The van der Waals surface area contributed by atoms with Gasteiger partial charge >= 0.3 is 0 Å². The number of nitrogens with zero attached hydrogens (tertiary/aromatic N) is 1. The number of fused-ring (bicyclic) bond motifs is 1. The molecule has 1 heterocycles. The predicted octanol–water partition coefficient (Wildman–Crippen LogP) is 2.58. The molecule has 1 aliphatic rings. The lowest BCUT2D eigenvalue weighted by Gasteiger charge is -2.22. The van der Waals surface area contributed by atoms with Gasteiger partial charge < -0.3 is 15.4 Å². The van der Waals surface area contributed by atoms with E-state index in [4.69, 9.17) is 10.5 Å². The van der Waals surface area contributed by atoms with Crippen molar-refractivity contribution < 1.29 is 9.53 Å². The third-order valence-corrected chi connectivity index (χ3v) is 3.32. The fraction of sp³-hybridized carbons (Fsp3) is 0.188. The summed E-state index contributed by atoms with van der Waals surface area (Å²) in [5.74, 6) is 0.819. The van der Waals surface area contributed by atoms with Gasteiger partial charge in [0.2, 0.25) is 5.91 Å². The van der Waals surface area contributed by atoms with Crippen molar-refractivity contribution in [1.29, 1.82) is 0 Å². The third kappa shape index (κ3) is 2.45. The SMILES string of the molecule is Nc1cccc(CN2C(=O)CCOc3ccccc32)c1. The molecule has 0 aromatic heterocycles. The Morgan fingerprint density at radius 3 is 2.85 bits per heavy atom. The van der Waals surface area contributed by atoms with Gasteiger partial charge in [-0.25, -0.2) is 0 Å². The number of hydrogen-bond donors (Lipinski definition) is 1. The standard InChI is InChI=1S/C16H16N2O2/c17-13-5-3-4-12(10-13)11-18-14-6-1-2-7-15(14)20-9-8-16(18)19/h1-7,10H,8-9,11,17H2. The zero-order valence-corrected chi connectivity index (χ0v) is 11.1. The molecule has 0 atom stereocenters. The molecule has 2 aromatic rings.